The first-order valence-electron chi connectivity index (χ1n) is 5.22. The second kappa shape index (κ2) is 4.53. The fourth-order valence-electron chi connectivity index (χ4n) is 1.94. The molecule has 1 aromatic carbocycles. The molecule has 1 aliphatic heterocycles. The van der Waals surface area contributed by atoms with Crippen LogP contribution in [0.3, 0.4) is 0 Å². The van der Waals surface area contributed by atoms with Crippen molar-refractivity contribution in [3.05, 3.63) is 35.6 Å². The molecule has 0 amide bonds. The zero-order chi connectivity index (χ0) is 10.7. The van der Waals surface area contributed by atoms with E-state index in [1.165, 1.54) is 12.1 Å². The normalized spacial score (nSPS) is 18.1. The largest absolute Gasteiger partial charge is 0.298 e. The molecule has 15 heavy (non-hydrogen) atoms. The van der Waals surface area contributed by atoms with Gasteiger partial charge in [0.2, 0.25) is 0 Å². The fraction of sp³-hybridized carbons (Fsp3) is 0.417. The number of Topliss-reactive ketones (excluding diaryl/α,β-unsaturated/α-hetero) is 1. The molecule has 3 heteroatoms. The summed E-state index contributed by atoms with van der Waals surface area (Å²) >= 11 is 0. The molecule has 0 spiro atoms. The van der Waals surface area contributed by atoms with Crippen LogP contribution in [0, 0.1) is 5.82 Å². The molecule has 0 unspecified atom stereocenters. The maximum Gasteiger partial charge on any atom is 0.146 e. The molecule has 1 heterocycles. The summed E-state index contributed by atoms with van der Waals surface area (Å²) in [4.78, 5) is 13.3. The van der Waals surface area contributed by atoms with E-state index in [1.54, 1.807) is 6.07 Å². The second-order valence-corrected chi connectivity index (χ2v) is 3.98. The predicted molar refractivity (Wildman–Crippen MR) is 55.9 cm³/mol. The van der Waals surface area contributed by atoms with Gasteiger partial charge in [-0.05, 0) is 30.7 Å². The maximum absolute atomic E-state index is 12.9. The Morgan fingerprint density at radius 3 is 3.00 bits per heavy atom. The minimum Gasteiger partial charge on any atom is -0.298 e. The molecule has 1 saturated heterocycles. The summed E-state index contributed by atoms with van der Waals surface area (Å²) in [6, 6.07) is 6.56. The van der Waals surface area contributed by atoms with Crippen molar-refractivity contribution in [2.45, 2.75) is 19.4 Å². The number of carbonyl (C=O) groups excluding carboxylic acids is 1. The van der Waals surface area contributed by atoms with Gasteiger partial charge in [0.05, 0.1) is 6.54 Å². The van der Waals surface area contributed by atoms with Gasteiger partial charge in [0.1, 0.15) is 11.6 Å². The first-order valence-corrected chi connectivity index (χ1v) is 5.22. The third-order valence-corrected chi connectivity index (χ3v) is 2.63. The van der Waals surface area contributed by atoms with Gasteiger partial charge in [-0.25, -0.2) is 4.39 Å². The van der Waals surface area contributed by atoms with Crippen LogP contribution in [0.25, 0.3) is 0 Å². The molecular weight excluding hydrogens is 193 g/mol. The number of likely N-dealkylation sites (tertiary alicyclic amines) is 1. The number of hydrogen-bond donors (Lipinski definition) is 0. The van der Waals surface area contributed by atoms with Crippen molar-refractivity contribution in [1.29, 1.82) is 0 Å². The van der Waals surface area contributed by atoms with Crippen LogP contribution >= 0.6 is 0 Å². The van der Waals surface area contributed by atoms with E-state index in [0.29, 0.717) is 19.5 Å². The van der Waals surface area contributed by atoms with Crippen LogP contribution in [-0.4, -0.2) is 23.8 Å². The molecule has 0 atom stereocenters. The lowest BCUT2D eigenvalue weighted by atomic mass is 10.1. The van der Waals surface area contributed by atoms with Gasteiger partial charge in [-0.15, -0.1) is 0 Å². The van der Waals surface area contributed by atoms with E-state index in [-0.39, 0.29) is 11.6 Å². The smallest absolute Gasteiger partial charge is 0.146 e. The van der Waals surface area contributed by atoms with E-state index in [2.05, 4.69) is 4.90 Å². The molecule has 0 radical (unpaired) electrons. The van der Waals surface area contributed by atoms with Crippen molar-refractivity contribution >= 4 is 5.78 Å². The quantitative estimate of drug-likeness (QED) is 0.739. The highest BCUT2D eigenvalue weighted by molar-refractivity contribution is 5.81. The number of nitrogens with zero attached hydrogens (tertiary/aromatic N) is 1. The molecule has 1 aromatic rings. The van der Waals surface area contributed by atoms with E-state index in [0.717, 1.165) is 18.5 Å². The molecular formula is C12H14FNO. The van der Waals surface area contributed by atoms with E-state index >= 15 is 0 Å². The molecule has 0 aliphatic carbocycles. The monoisotopic (exact) mass is 207 g/mol. The van der Waals surface area contributed by atoms with Crippen molar-refractivity contribution in [2.24, 2.45) is 0 Å². The Bertz CT molecular complexity index is 364. The van der Waals surface area contributed by atoms with Crippen LogP contribution in [0.1, 0.15) is 18.4 Å². The highest BCUT2D eigenvalue weighted by Gasteiger charge is 2.16. The Morgan fingerprint density at radius 1 is 1.40 bits per heavy atom. The van der Waals surface area contributed by atoms with Crippen molar-refractivity contribution in [2.75, 3.05) is 13.1 Å². The van der Waals surface area contributed by atoms with Crippen molar-refractivity contribution in [3.63, 3.8) is 0 Å². The summed E-state index contributed by atoms with van der Waals surface area (Å²) in [5, 5.41) is 0. The minimum absolute atomic E-state index is 0.212. The van der Waals surface area contributed by atoms with E-state index in [9.17, 15) is 9.18 Å². The summed E-state index contributed by atoms with van der Waals surface area (Å²) in [5.41, 5.74) is 0.935. The lowest BCUT2D eigenvalue weighted by Gasteiger charge is -2.25. The first kappa shape index (κ1) is 10.3. The summed E-state index contributed by atoms with van der Waals surface area (Å²) in [7, 11) is 0. The molecule has 0 bridgehead atoms. The Morgan fingerprint density at radius 2 is 2.27 bits per heavy atom. The zero-order valence-corrected chi connectivity index (χ0v) is 8.58. The molecule has 0 saturated carbocycles. The minimum atomic E-state index is -0.212. The van der Waals surface area contributed by atoms with Gasteiger partial charge >= 0.3 is 0 Å². The second-order valence-electron chi connectivity index (χ2n) is 3.98. The average Bonchev–Trinajstić information content (AvgIpc) is 2.17. The number of hydrogen-bond acceptors (Lipinski definition) is 2. The van der Waals surface area contributed by atoms with Crippen molar-refractivity contribution < 1.29 is 9.18 Å². The van der Waals surface area contributed by atoms with Crippen LogP contribution in [-0.2, 0) is 11.3 Å². The number of halogens is 1. The van der Waals surface area contributed by atoms with Gasteiger partial charge in [0, 0.05) is 13.0 Å². The van der Waals surface area contributed by atoms with E-state index in [1.807, 2.05) is 6.07 Å². The molecule has 80 valence electrons. The average molecular weight is 207 g/mol. The van der Waals surface area contributed by atoms with Gasteiger partial charge in [-0.3, -0.25) is 9.69 Å². The molecule has 2 nitrogen and oxygen atoms in total. The summed E-state index contributed by atoms with van der Waals surface area (Å²) in [6.45, 7) is 2.11. The molecule has 2 rings (SSSR count). The van der Waals surface area contributed by atoms with Crippen LogP contribution in [0.5, 0.6) is 0 Å². The number of rotatable bonds is 2. The molecule has 1 fully saturated rings. The van der Waals surface area contributed by atoms with Gasteiger partial charge in [-0.2, -0.15) is 0 Å². The first-order chi connectivity index (χ1) is 7.24. The fourth-order valence-corrected chi connectivity index (χ4v) is 1.94. The lowest BCUT2D eigenvalue weighted by molar-refractivity contribution is -0.122. The highest BCUT2D eigenvalue weighted by Crippen LogP contribution is 2.11. The summed E-state index contributed by atoms with van der Waals surface area (Å²) < 4.78 is 12.9. The number of piperidine rings is 1. The van der Waals surface area contributed by atoms with Crippen molar-refractivity contribution in [1.82, 2.24) is 4.90 Å². The SMILES string of the molecule is O=C1CCCN(Cc2cccc(F)c2)C1. The van der Waals surface area contributed by atoms with E-state index < -0.39 is 0 Å². The Labute approximate surface area is 88.7 Å². The standard InChI is InChI=1S/C12H14FNO/c13-11-4-1-3-10(7-11)8-14-6-2-5-12(15)9-14/h1,3-4,7H,2,5-6,8-9H2. The number of benzene rings is 1. The molecule has 0 N–H and O–H groups in total. The van der Waals surface area contributed by atoms with Gasteiger partial charge in [0.25, 0.3) is 0 Å². The Balaban J connectivity index is 1.99. The topological polar surface area (TPSA) is 20.3 Å². The summed E-state index contributed by atoms with van der Waals surface area (Å²) in [5.74, 6) is 0.0773. The summed E-state index contributed by atoms with van der Waals surface area (Å²) in [6.07, 6.45) is 1.62. The van der Waals surface area contributed by atoms with E-state index in [4.69, 9.17) is 0 Å². The van der Waals surface area contributed by atoms with Crippen LogP contribution < -0.4 is 0 Å². The van der Waals surface area contributed by atoms with Gasteiger partial charge < -0.3 is 0 Å². The lowest BCUT2D eigenvalue weighted by Crippen LogP contribution is -2.34. The van der Waals surface area contributed by atoms with Gasteiger partial charge in [-0.1, -0.05) is 12.1 Å². The number of carbonyl (C=O) groups is 1. The molecule has 1 aliphatic rings. The Kier molecular flexibility index (Phi) is 3.11. The zero-order valence-electron chi connectivity index (χ0n) is 8.58. The van der Waals surface area contributed by atoms with Crippen LogP contribution in [0.4, 0.5) is 4.39 Å². The van der Waals surface area contributed by atoms with Crippen LogP contribution in [0.15, 0.2) is 24.3 Å². The van der Waals surface area contributed by atoms with Gasteiger partial charge in [0.15, 0.2) is 0 Å². The number of ketones is 1. The third kappa shape index (κ3) is 2.86. The highest BCUT2D eigenvalue weighted by atomic mass is 19.1. The van der Waals surface area contributed by atoms with Crippen LogP contribution in [0.2, 0.25) is 0 Å². The molecule has 0 aromatic heterocycles. The predicted octanol–water partition coefficient (Wildman–Crippen LogP) is 1.99. The maximum atomic E-state index is 12.9. The van der Waals surface area contributed by atoms with Crippen molar-refractivity contribution in [3.8, 4) is 0 Å². The third-order valence-electron chi connectivity index (χ3n) is 2.63. The Hall–Kier alpha value is -1.22.